The van der Waals surface area contributed by atoms with E-state index in [-0.39, 0.29) is 0 Å². The smallest absolute Gasteiger partial charge is 0.138 e. The highest BCUT2D eigenvalue weighted by Gasteiger charge is 2.23. The molecule has 0 aliphatic heterocycles. The van der Waals surface area contributed by atoms with Crippen LogP contribution in [0.4, 0.5) is 0 Å². The predicted octanol–water partition coefficient (Wildman–Crippen LogP) is 7.38. The van der Waals surface area contributed by atoms with Crippen LogP contribution in [0, 0.1) is 13.8 Å². The summed E-state index contributed by atoms with van der Waals surface area (Å²) in [6, 6.07) is 19.9. The number of benzene rings is 3. The molecule has 0 amide bonds. The summed E-state index contributed by atoms with van der Waals surface area (Å²) >= 11 is 0. The normalized spacial score (nSPS) is 13.0. The van der Waals surface area contributed by atoms with Crippen molar-refractivity contribution in [1.29, 1.82) is 0 Å². The second-order valence-corrected chi connectivity index (χ2v) is 7.90. The van der Waals surface area contributed by atoms with Crippen molar-refractivity contribution in [3.05, 3.63) is 94.4 Å². The van der Waals surface area contributed by atoms with Gasteiger partial charge in [-0.05, 0) is 54.2 Å². The molecular formula is C27H24O. The first-order valence-corrected chi connectivity index (χ1v) is 10.0. The summed E-state index contributed by atoms with van der Waals surface area (Å²) in [7, 11) is 0. The maximum Gasteiger partial charge on any atom is 0.138 e. The number of aryl methyl sites for hydroxylation is 3. The monoisotopic (exact) mass is 364 g/mol. The average molecular weight is 364 g/mol. The summed E-state index contributed by atoms with van der Waals surface area (Å²) in [6.45, 7) is 6.61. The van der Waals surface area contributed by atoms with Gasteiger partial charge in [-0.3, -0.25) is 0 Å². The Hall–Kier alpha value is -3.06. The molecule has 4 aromatic rings. The number of rotatable bonds is 3. The first kappa shape index (κ1) is 17.1. The van der Waals surface area contributed by atoms with E-state index >= 15 is 0 Å². The number of allylic oxidation sites excluding steroid dienone is 1. The third-order valence-electron chi connectivity index (χ3n) is 5.81. The first-order valence-electron chi connectivity index (χ1n) is 10.0. The zero-order chi connectivity index (χ0) is 19.3. The van der Waals surface area contributed by atoms with Gasteiger partial charge in [0.15, 0.2) is 0 Å². The lowest BCUT2D eigenvalue weighted by atomic mass is 9.89. The maximum absolute atomic E-state index is 6.00. The van der Waals surface area contributed by atoms with Crippen molar-refractivity contribution >= 4 is 22.4 Å². The van der Waals surface area contributed by atoms with Crippen LogP contribution in [0.1, 0.15) is 40.5 Å². The van der Waals surface area contributed by atoms with E-state index in [1.807, 2.05) is 6.26 Å². The van der Waals surface area contributed by atoms with Crippen LogP contribution in [0.3, 0.4) is 0 Å². The third-order valence-corrected chi connectivity index (χ3v) is 5.81. The highest BCUT2D eigenvalue weighted by atomic mass is 16.3. The van der Waals surface area contributed by atoms with Crippen LogP contribution in [-0.2, 0) is 12.8 Å². The molecular weight excluding hydrogens is 340 g/mol. The summed E-state index contributed by atoms with van der Waals surface area (Å²) in [5.74, 6) is 1.01. The Morgan fingerprint density at radius 3 is 2.50 bits per heavy atom. The van der Waals surface area contributed by atoms with Gasteiger partial charge in [0.25, 0.3) is 0 Å². The Kier molecular flexibility index (Phi) is 3.98. The second-order valence-electron chi connectivity index (χ2n) is 7.90. The van der Waals surface area contributed by atoms with Crippen molar-refractivity contribution in [2.45, 2.75) is 33.6 Å². The molecule has 0 spiro atoms. The van der Waals surface area contributed by atoms with Gasteiger partial charge in [-0.1, -0.05) is 72.6 Å². The van der Waals surface area contributed by atoms with E-state index in [1.54, 1.807) is 0 Å². The van der Waals surface area contributed by atoms with Gasteiger partial charge in [0, 0.05) is 22.8 Å². The third kappa shape index (κ3) is 2.70. The van der Waals surface area contributed by atoms with Gasteiger partial charge >= 0.3 is 0 Å². The molecule has 3 aromatic carbocycles. The van der Waals surface area contributed by atoms with E-state index in [1.165, 1.54) is 49.9 Å². The van der Waals surface area contributed by atoms with Gasteiger partial charge in [0.05, 0.1) is 6.26 Å². The zero-order valence-corrected chi connectivity index (χ0v) is 16.7. The van der Waals surface area contributed by atoms with Crippen LogP contribution in [-0.4, -0.2) is 0 Å². The molecule has 1 aliphatic rings. The van der Waals surface area contributed by atoms with E-state index in [0.717, 1.165) is 24.0 Å². The molecule has 0 bridgehead atoms. The van der Waals surface area contributed by atoms with E-state index in [9.17, 15) is 0 Å². The molecule has 0 unspecified atom stereocenters. The van der Waals surface area contributed by atoms with E-state index in [0.29, 0.717) is 0 Å². The summed E-state index contributed by atoms with van der Waals surface area (Å²) in [5.41, 5.74) is 10.8. The molecule has 1 nitrogen and oxygen atoms in total. The minimum absolute atomic E-state index is 0.925. The SMILES string of the molecule is CCc1ccc2c(c1-c1cc(C)cc(C)c1)C=C(c1occ3ccccc13)C2. The van der Waals surface area contributed by atoms with Crippen LogP contribution in [0.15, 0.2) is 65.3 Å². The fourth-order valence-electron chi connectivity index (χ4n) is 4.60. The molecule has 0 radical (unpaired) electrons. The van der Waals surface area contributed by atoms with Crippen molar-refractivity contribution < 1.29 is 4.42 Å². The largest absolute Gasteiger partial charge is 0.463 e. The lowest BCUT2D eigenvalue weighted by Crippen LogP contribution is -1.95. The van der Waals surface area contributed by atoms with Crippen LogP contribution in [0.2, 0.25) is 0 Å². The maximum atomic E-state index is 6.00. The molecule has 1 heterocycles. The van der Waals surface area contributed by atoms with E-state index in [4.69, 9.17) is 4.42 Å². The Balaban J connectivity index is 1.71. The Morgan fingerprint density at radius 2 is 1.71 bits per heavy atom. The molecule has 0 N–H and O–H groups in total. The standard InChI is InChI=1S/C27H24O/c1-4-19-9-10-20-14-23(27-24-8-6-5-7-21(24)16-28-27)15-25(20)26(19)22-12-17(2)11-18(3)13-22/h5-13,15-16H,4,14H2,1-3H3. The molecule has 0 saturated heterocycles. The van der Waals surface area contributed by atoms with Gasteiger partial charge in [0.2, 0.25) is 0 Å². The van der Waals surface area contributed by atoms with Crippen LogP contribution < -0.4 is 0 Å². The van der Waals surface area contributed by atoms with Gasteiger partial charge in [-0.2, -0.15) is 0 Å². The minimum Gasteiger partial charge on any atom is -0.463 e. The van der Waals surface area contributed by atoms with Crippen molar-refractivity contribution in [1.82, 2.24) is 0 Å². The van der Waals surface area contributed by atoms with Crippen molar-refractivity contribution in [3.8, 4) is 11.1 Å². The molecule has 1 aliphatic carbocycles. The molecule has 0 saturated carbocycles. The van der Waals surface area contributed by atoms with Crippen molar-refractivity contribution in [2.24, 2.45) is 0 Å². The van der Waals surface area contributed by atoms with Gasteiger partial charge in [0.1, 0.15) is 5.76 Å². The molecule has 1 heteroatoms. The predicted molar refractivity (Wildman–Crippen MR) is 119 cm³/mol. The van der Waals surface area contributed by atoms with Crippen LogP contribution >= 0.6 is 0 Å². The van der Waals surface area contributed by atoms with Gasteiger partial charge in [-0.25, -0.2) is 0 Å². The Labute approximate surface area is 166 Å². The summed E-state index contributed by atoms with van der Waals surface area (Å²) < 4.78 is 6.00. The Morgan fingerprint density at radius 1 is 0.929 bits per heavy atom. The Bertz CT molecular complexity index is 1220. The summed E-state index contributed by atoms with van der Waals surface area (Å²) in [4.78, 5) is 0. The van der Waals surface area contributed by atoms with E-state index < -0.39 is 0 Å². The van der Waals surface area contributed by atoms with Crippen molar-refractivity contribution in [2.75, 3.05) is 0 Å². The molecule has 1 aromatic heterocycles. The molecule has 28 heavy (non-hydrogen) atoms. The quantitative estimate of drug-likeness (QED) is 0.370. The number of furan rings is 1. The minimum atomic E-state index is 0.925. The lowest BCUT2D eigenvalue weighted by molar-refractivity contribution is 0.557. The van der Waals surface area contributed by atoms with Crippen LogP contribution in [0.25, 0.3) is 33.5 Å². The van der Waals surface area contributed by atoms with Crippen LogP contribution in [0.5, 0.6) is 0 Å². The fraction of sp³-hybridized carbons (Fsp3) is 0.185. The lowest BCUT2D eigenvalue weighted by Gasteiger charge is -2.15. The number of fused-ring (bicyclic) bond motifs is 2. The topological polar surface area (TPSA) is 13.1 Å². The average Bonchev–Trinajstić information content (AvgIpc) is 3.30. The van der Waals surface area contributed by atoms with Crippen molar-refractivity contribution in [3.63, 3.8) is 0 Å². The highest BCUT2D eigenvalue weighted by Crippen LogP contribution is 2.42. The number of hydrogen-bond donors (Lipinski definition) is 0. The first-order chi connectivity index (χ1) is 13.6. The van der Waals surface area contributed by atoms with E-state index in [2.05, 4.69) is 81.4 Å². The van der Waals surface area contributed by atoms with Gasteiger partial charge < -0.3 is 4.42 Å². The second kappa shape index (κ2) is 6.53. The highest BCUT2D eigenvalue weighted by molar-refractivity contribution is 6.00. The molecule has 5 rings (SSSR count). The number of hydrogen-bond acceptors (Lipinski definition) is 1. The molecule has 0 fully saturated rings. The summed E-state index contributed by atoms with van der Waals surface area (Å²) in [5, 5.41) is 2.36. The van der Waals surface area contributed by atoms with Gasteiger partial charge in [-0.15, -0.1) is 0 Å². The summed E-state index contributed by atoms with van der Waals surface area (Å²) in [6.07, 6.45) is 6.18. The zero-order valence-electron chi connectivity index (χ0n) is 16.7. The molecule has 0 atom stereocenters. The molecule has 138 valence electrons. The fourth-order valence-corrected chi connectivity index (χ4v) is 4.60.